The van der Waals surface area contributed by atoms with Gasteiger partial charge in [0.25, 0.3) is 0 Å². The summed E-state index contributed by atoms with van der Waals surface area (Å²) < 4.78 is 0. The van der Waals surface area contributed by atoms with Crippen LogP contribution in [-0.2, 0) is 4.79 Å². The Morgan fingerprint density at radius 1 is 1.41 bits per heavy atom. The molecule has 0 saturated heterocycles. The number of hydrogen-bond donors (Lipinski definition) is 2. The van der Waals surface area contributed by atoms with E-state index in [-0.39, 0.29) is 12.5 Å². The van der Waals surface area contributed by atoms with Crippen LogP contribution in [0.25, 0.3) is 0 Å². The zero-order chi connectivity index (χ0) is 12.3. The fourth-order valence-electron chi connectivity index (χ4n) is 1.62. The van der Waals surface area contributed by atoms with Crippen LogP contribution in [0.1, 0.15) is 37.3 Å². The Balaban J connectivity index is 1.89. The van der Waals surface area contributed by atoms with Crippen LogP contribution in [0, 0.1) is 0 Å². The molecule has 3 N–H and O–H groups in total. The summed E-state index contributed by atoms with van der Waals surface area (Å²) in [5.74, 6) is -0.790. The highest BCUT2D eigenvalue weighted by Gasteiger charge is 2.22. The minimum atomic E-state index is -0.790. The van der Waals surface area contributed by atoms with Crippen LogP contribution in [0.4, 0.5) is 0 Å². The molecule has 1 saturated carbocycles. The number of carboxylic acids is 1. The van der Waals surface area contributed by atoms with E-state index in [1.807, 2.05) is 23.9 Å². The lowest BCUT2D eigenvalue weighted by Crippen LogP contribution is -2.12. The average Bonchev–Trinajstić information content (AvgIpc) is 3.11. The molecule has 1 aromatic rings. The minimum absolute atomic E-state index is 0.125. The van der Waals surface area contributed by atoms with E-state index >= 15 is 0 Å². The summed E-state index contributed by atoms with van der Waals surface area (Å²) in [5, 5.41) is 9.41. The number of thioether (sulfide) groups is 1. The van der Waals surface area contributed by atoms with Crippen molar-refractivity contribution in [1.82, 2.24) is 0 Å². The topological polar surface area (TPSA) is 63.3 Å². The van der Waals surface area contributed by atoms with Gasteiger partial charge in [-0.2, -0.15) is 0 Å². The standard InChI is InChI=1S/C13H17NO2S/c14-12(7-8-13(15)16)9-1-3-10(4-2-9)17-11-5-6-11/h1-4,11-12H,5-8,14H2,(H,15,16). The van der Waals surface area contributed by atoms with Crippen LogP contribution in [0.3, 0.4) is 0 Å². The first kappa shape index (κ1) is 12.5. The lowest BCUT2D eigenvalue weighted by Gasteiger charge is -2.11. The first-order valence-electron chi connectivity index (χ1n) is 5.89. The van der Waals surface area contributed by atoms with Gasteiger partial charge in [0, 0.05) is 22.6 Å². The number of carboxylic acid groups (broad SMARTS) is 1. The molecule has 0 heterocycles. The summed E-state index contributed by atoms with van der Waals surface area (Å²) in [6.45, 7) is 0. The summed E-state index contributed by atoms with van der Waals surface area (Å²) in [5.41, 5.74) is 6.96. The maximum Gasteiger partial charge on any atom is 0.303 e. The van der Waals surface area contributed by atoms with Gasteiger partial charge in [0.2, 0.25) is 0 Å². The fraction of sp³-hybridized carbons (Fsp3) is 0.462. The van der Waals surface area contributed by atoms with Crippen molar-refractivity contribution >= 4 is 17.7 Å². The number of carbonyl (C=O) groups is 1. The van der Waals surface area contributed by atoms with E-state index in [1.165, 1.54) is 17.7 Å². The zero-order valence-corrected chi connectivity index (χ0v) is 10.5. The van der Waals surface area contributed by atoms with Crippen LogP contribution >= 0.6 is 11.8 Å². The van der Waals surface area contributed by atoms with E-state index in [0.29, 0.717) is 6.42 Å². The maximum absolute atomic E-state index is 10.5. The molecular weight excluding hydrogens is 234 g/mol. The van der Waals surface area contributed by atoms with Gasteiger partial charge in [0.05, 0.1) is 0 Å². The monoisotopic (exact) mass is 251 g/mol. The molecule has 92 valence electrons. The first-order chi connectivity index (χ1) is 8.15. The second-order valence-corrected chi connectivity index (χ2v) is 5.80. The molecule has 2 rings (SSSR count). The van der Waals surface area contributed by atoms with Crippen LogP contribution in [0.5, 0.6) is 0 Å². The average molecular weight is 251 g/mol. The molecule has 0 bridgehead atoms. The van der Waals surface area contributed by atoms with Gasteiger partial charge in [0.1, 0.15) is 0 Å². The van der Waals surface area contributed by atoms with Crippen molar-refractivity contribution in [1.29, 1.82) is 0 Å². The van der Waals surface area contributed by atoms with E-state index in [4.69, 9.17) is 10.8 Å². The first-order valence-corrected chi connectivity index (χ1v) is 6.77. The van der Waals surface area contributed by atoms with E-state index < -0.39 is 5.97 Å². The second kappa shape index (κ2) is 5.56. The number of rotatable bonds is 6. The van der Waals surface area contributed by atoms with E-state index in [1.54, 1.807) is 0 Å². The van der Waals surface area contributed by atoms with Crippen molar-refractivity contribution in [3.05, 3.63) is 29.8 Å². The van der Waals surface area contributed by atoms with E-state index in [0.717, 1.165) is 10.8 Å². The van der Waals surface area contributed by atoms with Gasteiger partial charge in [-0.05, 0) is 37.0 Å². The molecule has 0 spiro atoms. The van der Waals surface area contributed by atoms with E-state index in [2.05, 4.69) is 12.1 Å². The van der Waals surface area contributed by atoms with Gasteiger partial charge in [0.15, 0.2) is 0 Å². The summed E-state index contributed by atoms with van der Waals surface area (Å²) in [6.07, 6.45) is 3.26. The SMILES string of the molecule is NC(CCC(=O)O)c1ccc(SC2CC2)cc1. The van der Waals surface area contributed by atoms with E-state index in [9.17, 15) is 4.79 Å². The molecule has 4 heteroatoms. The van der Waals surface area contributed by atoms with Crippen LogP contribution < -0.4 is 5.73 Å². The largest absolute Gasteiger partial charge is 0.481 e. The molecule has 1 atom stereocenters. The molecule has 0 radical (unpaired) electrons. The van der Waals surface area contributed by atoms with Gasteiger partial charge >= 0.3 is 5.97 Å². The Morgan fingerprint density at radius 3 is 2.59 bits per heavy atom. The second-order valence-electron chi connectivity index (χ2n) is 4.43. The van der Waals surface area contributed by atoms with Crippen molar-refractivity contribution in [3.63, 3.8) is 0 Å². The number of aliphatic carboxylic acids is 1. The molecule has 0 aromatic heterocycles. The highest BCUT2D eigenvalue weighted by molar-refractivity contribution is 8.00. The Hall–Kier alpha value is -1.00. The Morgan fingerprint density at radius 2 is 2.06 bits per heavy atom. The molecule has 0 aliphatic heterocycles. The van der Waals surface area contributed by atoms with Crippen molar-refractivity contribution in [2.75, 3.05) is 0 Å². The smallest absolute Gasteiger partial charge is 0.303 e. The fourth-order valence-corrected chi connectivity index (χ4v) is 2.67. The Bertz CT molecular complexity index is 387. The summed E-state index contributed by atoms with van der Waals surface area (Å²) >= 11 is 1.91. The molecule has 1 aromatic carbocycles. The third kappa shape index (κ3) is 4.06. The molecular formula is C13H17NO2S. The predicted octanol–water partition coefficient (Wildman–Crippen LogP) is 2.81. The van der Waals surface area contributed by atoms with Crippen LogP contribution in [-0.4, -0.2) is 16.3 Å². The third-order valence-corrected chi connectivity index (χ3v) is 4.15. The van der Waals surface area contributed by atoms with Crippen molar-refractivity contribution < 1.29 is 9.90 Å². The summed E-state index contributed by atoms with van der Waals surface area (Å²) in [7, 11) is 0. The Kier molecular flexibility index (Phi) is 4.07. The molecule has 1 unspecified atom stereocenters. The normalized spacial score (nSPS) is 16.8. The zero-order valence-electron chi connectivity index (χ0n) is 9.63. The van der Waals surface area contributed by atoms with Gasteiger partial charge in [-0.15, -0.1) is 11.8 Å². The Labute approximate surface area is 105 Å². The highest BCUT2D eigenvalue weighted by Crippen LogP contribution is 2.39. The number of hydrogen-bond acceptors (Lipinski definition) is 3. The molecule has 1 aliphatic carbocycles. The lowest BCUT2D eigenvalue weighted by atomic mass is 10.0. The quantitative estimate of drug-likeness (QED) is 0.816. The molecule has 3 nitrogen and oxygen atoms in total. The third-order valence-electron chi connectivity index (χ3n) is 2.80. The molecule has 1 aliphatic rings. The lowest BCUT2D eigenvalue weighted by molar-refractivity contribution is -0.137. The van der Waals surface area contributed by atoms with Crippen molar-refractivity contribution in [2.45, 2.75) is 41.9 Å². The van der Waals surface area contributed by atoms with Crippen molar-refractivity contribution in [3.8, 4) is 0 Å². The van der Waals surface area contributed by atoms with Gasteiger partial charge in [-0.25, -0.2) is 0 Å². The van der Waals surface area contributed by atoms with Gasteiger partial charge < -0.3 is 10.8 Å². The molecule has 0 amide bonds. The minimum Gasteiger partial charge on any atom is -0.481 e. The highest BCUT2D eigenvalue weighted by atomic mass is 32.2. The van der Waals surface area contributed by atoms with Gasteiger partial charge in [-0.1, -0.05) is 12.1 Å². The maximum atomic E-state index is 10.5. The molecule has 1 fully saturated rings. The van der Waals surface area contributed by atoms with Crippen LogP contribution in [0.15, 0.2) is 29.2 Å². The van der Waals surface area contributed by atoms with Gasteiger partial charge in [-0.3, -0.25) is 4.79 Å². The summed E-state index contributed by atoms with van der Waals surface area (Å²) in [4.78, 5) is 11.7. The number of benzene rings is 1. The van der Waals surface area contributed by atoms with Crippen molar-refractivity contribution in [2.24, 2.45) is 5.73 Å². The predicted molar refractivity (Wildman–Crippen MR) is 69.1 cm³/mol. The number of nitrogens with two attached hydrogens (primary N) is 1. The summed E-state index contributed by atoms with van der Waals surface area (Å²) in [6, 6.07) is 8.01. The molecule has 17 heavy (non-hydrogen) atoms. The van der Waals surface area contributed by atoms with Crippen LogP contribution in [0.2, 0.25) is 0 Å².